The first kappa shape index (κ1) is 16.7. The van der Waals surface area contributed by atoms with Crippen molar-refractivity contribution in [3.8, 4) is 11.3 Å². The number of oxazole rings is 1. The van der Waals surface area contributed by atoms with Crippen LogP contribution in [-0.4, -0.2) is 10.9 Å². The van der Waals surface area contributed by atoms with Crippen molar-refractivity contribution in [3.63, 3.8) is 0 Å². The Bertz CT molecular complexity index is 679. The Morgan fingerprint density at radius 3 is 2.88 bits per heavy atom. The maximum absolute atomic E-state index is 12.9. The highest BCUT2D eigenvalue weighted by Gasteiger charge is 2.35. The lowest BCUT2D eigenvalue weighted by Crippen LogP contribution is -2.36. The summed E-state index contributed by atoms with van der Waals surface area (Å²) in [6.07, 6.45) is 6.45. The highest BCUT2D eigenvalue weighted by molar-refractivity contribution is 5.93. The summed E-state index contributed by atoms with van der Waals surface area (Å²) in [5, 5.41) is 3.12. The van der Waals surface area contributed by atoms with E-state index < -0.39 is 0 Å². The second-order valence-electron chi connectivity index (χ2n) is 7.37. The van der Waals surface area contributed by atoms with E-state index in [1.165, 1.54) is 12.8 Å². The Morgan fingerprint density at radius 2 is 2.17 bits per heavy atom. The lowest BCUT2D eigenvalue weighted by atomic mass is 9.70. The van der Waals surface area contributed by atoms with Gasteiger partial charge in [0.1, 0.15) is 0 Å². The van der Waals surface area contributed by atoms with E-state index in [9.17, 15) is 4.79 Å². The van der Waals surface area contributed by atoms with Gasteiger partial charge >= 0.3 is 0 Å². The fourth-order valence-electron chi connectivity index (χ4n) is 3.85. The smallest absolute Gasteiger partial charge is 0.227 e. The van der Waals surface area contributed by atoms with Crippen molar-refractivity contribution in [3.05, 3.63) is 36.9 Å². The quantitative estimate of drug-likeness (QED) is 0.861. The number of carbonyl (C=O) groups excluding carboxylic acids is 1. The molecular formula is C20H26N2O2. The molecule has 1 N–H and O–H groups in total. The summed E-state index contributed by atoms with van der Waals surface area (Å²) >= 11 is 0. The number of hydrogen-bond acceptors (Lipinski definition) is 3. The standard InChI is InChI=1S/C20H26N2O2/c1-13(2)17-8-7-14(3)9-18(17)20(23)22-16-6-4-5-15(10-16)19-11-21-12-24-19/h4-6,10-14,17-18H,7-9H2,1-3H3,(H,22,23). The van der Waals surface area contributed by atoms with Gasteiger partial charge in [-0.3, -0.25) is 4.79 Å². The van der Waals surface area contributed by atoms with Gasteiger partial charge in [0.05, 0.1) is 6.20 Å². The molecule has 1 aromatic carbocycles. The van der Waals surface area contributed by atoms with Gasteiger partial charge < -0.3 is 9.73 Å². The van der Waals surface area contributed by atoms with Crippen molar-refractivity contribution in [2.75, 3.05) is 5.32 Å². The fourth-order valence-corrected chi connectivity index (χ4v) is 3.85. The second-order valence-corrected chi connectivity index (χ2v) is 7.37. The van der Waals surface area contributed by atoms with Gasteiger partial charge in [-0.1, -0.05) is 39.3 Å². The van der Waals surface area contributed by atoms with Crippen molar-refractivity contribution < 1.29 is 9.21 Å². The van der Waals surface area contributed by atoms with Crippen molar-refractivity contribution >= 4 is 11.6 Å². The first-order chi connectivity index (χ1) is 11.5. The third kappa shape index (κ3) is 3.69. The first-order valence-electron chi connectivity index (χ1n) is 8.84. The average molecular weight is 326 g/mol. The molecule has 4 heteroatoms. The molecule has 1 fully saturated rings. The molecule has 1 amide bonds. The molecule has 3 unspecified atom stereocenters. The third-order valence-electron chi connectivity index (χ3n) is 5.21. The van der Waals surface area contributed by atoms with Crippen LogP contribution in [0.3, 0.4) is 0 Å². The van der Waals surface area contributed by atoms with Crippen molar-refractivity contribution in [2.24, 2.45) is 23.7 Å². The Hall–Kier alpha value is -2.10. The van der Waals surface area contributed by atoms with Crippen molar-refractivity contribution in [1.29, 1.82) is 0 Å². The Balaban J connectivity index is 1.75. The number of hydrogen-bond donors (Lipinski definition) is 1. The van der Waals surface area contributed by atoms with E-state index >= 15 is 0 Å². The van der Waals surface area contributed by atoms with Crippen LogP contribution in [0.25, 0.3) is 11.3 Å². The van der Waals surface area contributed by atoms with Crippen LogP contribution in [0.4, 0.5) is 5.69 Å². The number of benzene rings is 1. The minimum absolute atomic E-state index is 0.0997. The monoisotopic (exact) mass is 326 g/mol. The molecular weight excluding hydrogens is 300 g/mol. The summed E-state index contributed by atoms with van der Waals surface area (Å²) in [4.78, 5) is 16.8. The van der Waals surface area contributed by atoms with E-state index in [1.54, 1.807) is 6.20 Å². The topological polar surface area (TPSA) is 55.1 Å². The van der Waals surface area contributed by atoms with Crippen LogP contribution in [0.2, 0.25) is 0 Å². The molecule has 0 radical (unpaired) electrons. The molecule has 3 rings (SSSR count). The van der Waals surface area contributed by atoms with Crippen LogP contribution in [0, 0.1) is 23.7 Å². The first-order valence-corrected chi connectivity index (χ1v) is 8.84. The predicted molar refractivity (Wildman–Crippen MR) is 95.4 cm³/mol. The minimum atomic E-state index is 0.0997. The van der Waals surface area contributed by atoms with E-state index in [4.69, 9.17) is 4.42 Å². The zero-order chi connectivity index (χ0) is 17.1. The number of rotatable bonds is 4. The fraction of sp³-hybridized carbons (Fsp3) is 0.500. The lowest BCUT2D eigenvalue weighted by molar-refractivity contribution is -0.123. The van der Waals surface area contributed by atoms with Crippen LogP contribution >= 0.6 is 0 Å². The number of amides is 1. The zero-order valence-corrected chi connectivity index (χ0v) is 14.7. The van der Waals surface area contributed by atoms with Gasteiger partial charge in [0.25, 0.3) is 0 Å². The number of nitrogens with zero attached hydrogens (tertiary/aromatic N) is 1. The molecule has 0 aliphatic heterocycles. The molecule has 1 aliphatic rings. The Morgan fingerprint density at radius 1 is 1.33 bits per heavy atom. The summed E-state index contributed by atoms with van der Waals surface area (Å²) in [7, 11) is 0. The van der Waals surface area contributed by atoms with Crippen LogP contribution in [0.15, 0.2) is 41.3 Å². The van der Waals surface area contributed by atoms with E-state index in [0.29, 0.717) is 23.5 Å². The molecule has 1 aromatic heterocycles. The van der Waals surface area contributed by atoms with E-state index in [1.807, 2.05) is 24.3 Å². The largest absolute Gasteiger partial charge is 0.444 e. The van der Waals surface area contributed by atoms with Crippen LogP contribution in [0.1, 0.15) is 40.0 Å². The normalized spacial score (nSPS) is 24.1. The Labute approximate surface area is 143 Å². The van der Waals surface area contributed by atoms with Gasteiger partial charge in [0, 0.05) is 17.2 Å². The van der Waals surface area contributed by atoms with E-state index in [-0.39, 0.29) is 11.8 Å². The molecule has 2 aromatic rings. The molecule has 3 atom stereocenters. The molecule has 0 spiro atoms. The van der Waals surface area contributed by atoms with Gasteiger partial charge in [-0.25, -0.2) is 4.98 Å². The molecule has 1 heterocycles. The zero-order valence-electron chi connectivity index (χ0n) is 14.7. The minimum Gasteiger partial charge on any atom is -0.444 e. The van der Waals surface area contributed by atoms with Crippen molar-refractivity contribution in [2.45, 2.75) is 40.0 Å². The van der Waals surface area contributed by atoms with E-state index in [0.717, 1.165) is 24.1 Å². The van der Waals surface area contributed by atoms with Crippen LogP contribution < -0.4 is 5.32 Å². The molecule has 0 bridgehead atoms. The summed E-state index contributed by atoms with van der Waals surface area (Å²) in [5.41, 5.74) is 1.73. The van der Waals surface area contributed by atoms with E-state index in [2.05, 4.69) is 31.1 Å². The number of carbonyl (C=O) groups is 1. The highest BCUT2D eigenvalue weighted by atomic mass is 16.3. The van der Waals surface area contributed by atoms with Crippen LogP contribution in [0.5, 0.6) is 0 Å². The summed E-state index contributed by atoms with van der Waals surface area (Å²) < 4.78 is 5.33. The van der Waals surface area contributed by atoms with Gasteiger partial charge in [-0.05, 0) is 42.7 Å². The third-order valence-corrected chi connectivity index (χ3v) is 5.21. The molecule has 4 nitrogen and oxygen atoms in total. The predicted octanol–water partition coefficient (Wildman–Crippen LogP) is 4.99. The van der Waals surface area contributed by atoms with Gasteiger partial charge in [-0.2, -0.15) is 0 Å². The maximum atomic E-state index is 12.9. The second kappa shape index (κ2) is 7.20. The summed E-state index contributed by atoms with van der Waals surface area (Å²) in [6.45, 7) is 6.71. The number of anilines is 1. The molecule has 24 heavy (non-hydrogen) atoms. The number of aromatic nitrogens is 1. The Kier molecular flexibility index (Phi) is 5.03. The SMILES string of the molecule is CC1CCC(C(C)C)C(C(=O)Nc2cccc(-c3cnco3)c2)C1. The number of nitrogens with one attached hydrogen (secondary N) is 1. The highest BCUT2D eigenvalue weighted by Crippen LogP contribution is 2.38. The molecule has 128 valence electrons. The summed E-state index contributed by atoms with van der Waals surface area (Å²) in [6, 6.07) is 7.75. The van der Waals surface area contributed by atoms with Crippen LogP contribution in [-0.2, 0) is 4.79 Å². The lowest BCUT2D eigenvalue weighted by Gasteiger charge is -2.36. The average Bonchev–Trinajstić information content (AvgIpc) is 3.09. The summed E-state index contributed by atoms with van der Waals surface area (Å²) in [5.74, 6) is 2.58. The van der Waals surface area contributed by atoms with Gasteiger partial charge in [-0.15, -0.1) is 0 Å². The maximum Gasteiger partial charge on any atom is 0.227 e. The van der Waals surface area contributed by atoms with Crippen molar-refractivity contribution in [1.82, 2.24) is 4.98 Å². The van der Waals surface area contributed by atoms with Gasteiger partial charge in [0.2, 0.25) is 5.91 Å². The van der Waals surface area contributed by atoms with Gasteiger partial charge in [0.15, 0.2) is 12.2 Å². The molecule has 0 saturated heterocycles. The molecule has 1 saturated carbocycles. The molecule has 1 aliphatic carbocycles.